The lowest BCUT2D eigenvalue weighted by molar-refractivity contribution is -0.274. The standard InChI is InChI=1S/C23H20Cl2F3N3O4/c1-13(32)29(2)18-11-22(10-14-3-5-19(6-4-14)35-23(26,27)28)20(33)31(21(34)30(22)12-18)17-8-15(24)7-16(25)9-17/h3-9,18H,10-12H2,1-2H3/t18-,22+/m0/s1. The van der Waals surface area contributed by atoms with Crippen molar-refractivity contribution in [3.05, 3.63) is 58.1 Å². The molecule has 2 saturated heterocycles. The van der Waals surface area contributed by atoms with Crippen LogP contribution in [0.1, 0.15) is 18.9 Å². The number of nitrogens with zero attached hydrogens (tertiary/aromatic N) is 3. The Hall–Kier alpha value is -2.98. The van der Waals surface area contributed by atoms with E-state index in [1.54, 1.807) is 7.05 Å². The van der Waals surface area contributed by atoms with Crippen molar-refractivity contribution in [2.45, 2.75) is 37.7 Å². The first kappa shape index (κ1) is 25.1. The van der Waals surface area contributed by atoms with Crippen molar-refractivity contribution in [1.82, 2.24) is 9.80 Å². The van der Waals surface area contributed by atoms with E-state index in [1.165, 1.54) is 47.1 Å². The molecule has 2 atom stereocenters. The molecule has 0 bridgehead atoms. The van der Waals surface area contributed by atoms with Crippen molar-refractivity contribution in [3.63, 3.8) is 0 Å². The van der Waals surface area contributed by atoms with Gasteiger partial charge in [0.05, 0.1) is 11.7 Å². The Morgan fingerprint density at radius 3 is 2.29 bits per heavy atom. The number of likely N-dealkylation sites (N-methyl/N-ethyl adjacent to an activating group) is 1. The van der Waals surface area contributed by atoms with E-state index >= 15 is 0 Å². The summed E-state index contributed by atoms with van der Waals surface area (Å²) in [5.41, 5.74) is -0.633. The largest absolute Gasteiger partial charge is 0.573 e. The maximum absolute atomic E-state index is 13.8. The van der Waals surface area contributed by atoms with Gasteiger partial charge in [-0.25, -0.2) is 9.69 Å². The molecular weight excluding hydrogens is 510 g/mol. The van der Waals surface area contributed by atoms with E-state index < -0.39 is 35.6 Å². The Kier molecular flexibility index (Phi) is 6.39. The normalized spacial score (nSPS) is 22.0. The zero-order valence-electron chi connectivity index (χ0n) is 18.6. The number of fused-ring (bicyclic) bond motifs is 1. The minimum atomic E-state index is -4.83. The summed E-state index contributed by atoms with van der Waals surface area (Å²) in [6, 6.07) is 8.46. The molecule has 2 fully saturated rings. The van der Waals surface area contributed by atoms with Crippen LogP contribution in [-0.4, -0.2) is 59.2 Å². The van der Waals surface area contributed by atoms with Gasteiger partial charge in [-0.15, -0.1) is 13.2 Å². The molecule has 0 saturated carbocycles. The van der Waals surface area contributed by atoms with Crippen molar-refractivity contribution < 1.29 is 32.3 Å². The maximum Gasteiger partial charge on any atom is 0.573 e. The highest BCUT2D eigenvalue weighted by Gasteiger charge is 2.62. The Morgan fingerprint density at radius 2 is 1.74 bits per heavy atom. The monoisotopic (exact) mass is 529 g/mol. The van der Waals surface area contributed by atoms with Crippen LogP contribution < -0.4 is 9.64 Å². The number of anilines is 1. The number of carbonyl (C=O) groups excluding carboxylic acids is 3. The van der Waals surface area contributed by atoms with Crippen LogP contribution in [0.5, 0.6) is 5.75 Å². The maximum atomic E-state index is 13.8. The molecular formula is C23H20Cl2F3N3O4. The van der Waals surface area contributed by atoms with Gasteiger partial charge in [0.25, 0.3) is 5.91 Å². The average Bonchev–Trinajstić information content (AvgIpc) is 3.21. The van der Waals surface area contributed by atoms with E-state index in [4.69, 9.17) is 23.2 Å². The number of ether oxygens (including phenoxy) is 1. The van der Waals surface area contributed by atoms with Gasteiger partial charge < -0.3 is 14.5 Å². The molecule has 0 aromatic heterocycles. The van der Waals surface area contributed by atoms with E-state index in [0.717, 1.165) is 17.0 Å². The fourth-order valence-corrected chi connectivity index (χ4v) is 5.15. The van der Waals surface area contributed by atoms with Crippen molar-refractivity contribution in [1.29, 1.82) is 0 Å². The Labute approximate surface area is 208 Å². The van der Waals surface area contributed by atoms with Gasteiger partial charge in [-0.3, -0.25) is 9.59 Å². The van der Waals surface area contributed by atoms with Crippen molar-refractivity contribution in [3.8, 4) is 5.75 Å². The van der Waals surface area contributed by atoms with E-state index in [1.807, 2.05) is 0 Å². The number of alkyl halides is 3. The van der Waals surface area contributed by atoms with Crippen LogP contribution >= 0.6 is 23.2 Å². The summed E-state index contributed by atoms with van der Waals surface area (Å²) in [5, 5.41) is 0.479. The Morgan fingerprint density at radius 1 is 1.14 bits per heavy atom. The molecule has 186 valence electrons. The molecule has 2 aliphatic rings. The van der Waals surface area contributed by atoms with Crippen LogP contribution in [0.15, 0.2) is 42.5 Å². The highest BCUT2D eigenvalue weighted by Crippen LogP contribution is 2.44. The van der Waals surface area contributed by atoms with E-state index in [-0.39, 0.29) is 41.0 Å². The zero-order valence-corrected chi connectivity index (χ0v) is 20.1. The first-order valence-electron chi connectivity index (χ1n) is 10.5. The Bertz CT molecular complexity index is 1170. The number of urea groups is 1. The van der Waals surface area contributed by atoms with Crippen LogP contribution in [0.4, 0.5) is 23.7 Å². The van der Waals surface area contributed by atoms with Crippen molar-refractivity contribution in [2.75, 3.05) is 18.5 Å². The SMILES string of the molecule is CC(=O)N(C)[C@@H]1CN2C(=O)N(c3cc(Cl)cc(Cl)c3)C(=O)[C@@]2(Cc2ccc(OC(F)(F)F)cc2)C1. The third-order valence-electron chi connectivity index (χ3n) is 6.31. The molecule has 7 nitrogen and oxygen atoms in total. The summed E-state index contributed by atoms with van der Waals surface area (Å²) in [5.74, 6) is -1.16. The first-order chi connectivity index (χ1) is 16.3. The first-order valence-corrected chi connectivity index (χ1v) is 11.3. The lowest BCUT2D eigenvalue weighted by Gasteiger charge is -2.28. The summed E-state index contributed by atoms with van der Waals surface area (Å²) in [6.07, 6.45) is -4.66. The number of amides is 4. The van der Waals surface area contributed by atoms with Gasteiger partial charge in [0.2, 0.25) is 5.91 Å². The number of halogens is 5. The van der Waals surface area contributed by atoms with Gasteiger partial charge in [-0.1, -0.05) is 35.3 Å². The summed E-state index contributed by atoms with van der Waals surface area (Å²) in [7, 11) is 1.59. The molecule has 4 rings (SSSR count). The number of hydrogen-bond acceptors (Lipinski definition) is 4. The molecule has 12 heteroatoms. The quantitative estimate of drug-likeness (QED) is 0.517. The highest BCUT2D eigenvalue weighted by molar-refractivity contribution is 6.35. The van der Waals surface area contributed by atoms with Crippen LogP contribution in [0, 0.1) is 0 Å². The molecule has 2 aromatic carbocycles. The molecule has 2 aliphatic heterocycles. The molecule has 4 amide bonds. The van der Waals surface area contributed by atoms with Crippen molar-refractivity contribution >= 4 is 46.7 Å². The number of imide groups is 1. The average molecular weight is 530 g/mol. The number of benzene rings is 2. The predicted octanol–water partition coefficient (Wildman–Crippen LogP) is 4.89. The van der Waals surface area contributed by atoms with E-state index in [0.29, 0.717) is 5.56 Å². The number of hydrogen-bond donors (Lipinski definition) is 0. The number of rotatable bonds is 5. The molecule has 0 spiro atoms. The minimum absolute atomic E-state index is 0.0247. The second-order valence-corrected chi connectivity index (χ2v) is 9.42. The molecule has 0 radical (unpaired) electrons. The molecule has 0 unspecified atom stereocenters. The predicted molar refractivity (Wildman–Crippen MR) is 122 cm³/mol. The zero-order chi connectivity index (χ0) is 25.7. The van der Waals surface area contributed by atoms with Gasteiger partial charge >= 0.3 is 12.4 Å². The molecule has 0 aliphatic carbocycles. The van der Waals surface area contributed by atoms with Crippen LogP contribution in [-0.2, 0) is 16.0 Å². The van der Waals surface area contributed by atoms with Crippen LogP contribution in [0.25, 0.3) is 0 Å². The topological polar surface area (TPSA) is 70.2 Å². The fraction of sp³-hybridized carbons (Fsp3) is 0.348. The molecule has 0 N–H and O–H groups in total. The molecule has 35 heavy (non-hydrogen) atoms. The number of carbonyl (C=O) groups is 3. The summed E-state index contributed by atoms with van der Waals surface area (Å²) < 4.78 is 41.5. The van der Waals surface area contributed by atoms with Gasteiger partial charge in [-0.05, 0) is 35.9 Å². The van der Waals surface area contributed by atoms with Crippen LogP contribution in [0.2, 0.25) is 10.0 Å². The highest BCUT2D eigenvalue weighted by atomic mass is 35.5. The molecule has 2 aromatic rings. The van der Waals surface area contributed by atoms with Crippen molar-refractivity contribution in [2.24, 2.45) is 0 Å². The van der Waals surface area contributed by atoms with Gasteiger partial charge in [0.15, 0.2) is 0 Å². The van der Waals surface area contributed by atoms with Crippen LogP contribution in [0.3, 0.4) is 0 Å². The minimum Gasteiger partial charge on any atom is -0.406 e. The van der Waals surface area contributed by atoms with E-state index in [9.17, 15) is 27.6 Å². The third-order valence-corrected chi connectivity index (χ3v) is 6.75. The second-order valence-electron chi connectivity index (χ2n) is 8.55. The lowest BCUT2D eigenvalue weighted by atomic mass is 9.86. The van der Waals surface area contributed by atoms with Gasteiger partial charge in [0.1, 0.15) is 11.3 Å². The fourth-order valence-electron chi connectivity index (χ4n) is 4.63. The van der Waals surface area contributed by atoms with Gasteiger partial charge in [0, 0.05) is 43.4 Å². The lowest BCUT2D eigenvalue weighted by Crippen LogP contribution is -2.47. The van der Waals surface area contributed by atoms with Gasteiger partial charge in [-0.2, -0.15) is 0 Å². The summed E-state index contributed by atoms with van der Waals surface area (Å²) in [6.45, 7) is 1.50. The summed E-state index contributed by atoms with van der Waals surface area (Å²) >= 11 is 12.2. The summed E-state index contributed by atoms with van der Waals surface area (Å²) in [4.78, 5) is 43.2. The Balaban J connectivity index is 1.71. The van der Waals surface area contributed by atoms with E-state index in [2.05, 4.69) is 4.74 Å². The smallest absolute Gasteiger partial charge is 0.406 e. The third kappa shape index (κ3) is 4.77. The second kappa shape index (κ2) is 8.91. The molecule has 2 heterocycles.